The van der Waals surface area contributed by atoms with Crippen LogP contribution in [0.25, 0.3) is 0 Å². The van der Waals surface area contributed by atoms with E-state index in [1.54, 1.807) is 0 Å². The van der Waals surface area contributed by atoms with Crippen LogP contribution >= 0.6 is 0 Å². The molecule has 5 nitrogen and oxygen atoms in total. The Hall–Kier alpha value is -1.75. The first kappa shape index (κ1) is 10.8. The molecule has 0 saturated carbocycles. The highest BCUT2D eigenvalue weighted by Gasteiger charge is 2.28. The normalized spacial score (nSPS) is 13.5. The molecule has 0 amide bonds. The quantitative estimate of drug-likeness (QED) is 0.735. The summed E-state index contributed by atoms with van der Waals surface area (Å²) >= 11 is 0. The summed E-state index contributed by atoms with van der Waals surface area (Å²) in [6.45, 7) is -0.0278. The number of ether oxygens (including phenoxy) is 2. The van der Waals surface area contributed by atoms with E-state index in [0.29, 0.717) is 22.4 Å². The molecule has 16 heavy (non-hydrogen) atoms. The monoisotopic (exact) mass is 224 g/mol. The van der Waals surface area contributed by atoms with Crippen molar-refractivity contribution >= 4 is 5.97 Å². The van der Waals surface area contributed by atoms with Gasteiger partial charge in [0, 0.05) is 24.2 Å². The first-order valence-electron chi connectivity index (χ1n) is 4.88. The number of phenols is 1. The topological polar surface area (TPSA) is 76.0 Å². The number of benzene rings is 1. The number of hydrogen-bond donors (Lipinski definition) is 2. The summed E-state index contributed by atoms with van der Waals surface area (Å²) in [5, 5.41) is 18.8. The van der Waals surface area contributed by atoms with Gasteiger partial charge in [0.25, 0.3) is 0 Å². The van der Waals surface area contributed by atoms with Crippen LogP contribution in [0, 0.1) is 0 Å². The number of cyclic esters (lactones) is 1. The van der Waals surface area contributed by atoms with E-state index in [0.717, 1.165) is 0 Å². The average molecular weight is 224 g/mol. The fraction of sp³-hybridized carbons (Fsp3) is 0.364. The van der Waals surface area contributed by atoms with E-state index in [4.69, 9.17) is 14.6 Å². The lowest BCUT2D eigenvalue weighted by Crippen LogP contribution is -2.01. The zero-order chi connectivity index (χ0) is 11.7. The fourth-order valence-corrected chi connectivity index (χ4v) is 1.81. The van der Waals surface area contributed by atoms with Gasteiger partial charge in [0.05, 0.1) is 12.7 Å². The smallest absolute Gasteiger partial charge is 0.339 e. The predicted molar refractivity (Wildman–Crippen MR) is 54.6 cm³/mol. The molecular formula is C11H12O5. The third-order valence-electron chi connectivity index (χ3n) is 2.62. The molecule has 0 unspecified atom stereocenters. The molecule has 1 aromatic rings. The standard InChI is InChI=1S/C11H12O5/c1-15-9-4-7-8(5-16-11(7)14)10(13)6(9)2-3-12/h4,12-13H,2-3,5H2,1H3. The number of carbonyl (C=O) groups excluding carboxylic acids is 1. The van der Waals surface area contributed by atoms with Gasteiger partial charge in [-0.05, 0) is 6.07 Å². The summed E-state index contributed by atoms with van der Waals surface area (Å²) < 4.78 is 9.89. The van der Waals surface area contributed by atoms with Crippen molar-refractivity contribution in [3.63, 3.8) is 0 Å². The number of methoxy groups -OCH3 is 1. The second kappa shape index (κ2) is 4.02. The molecule has 2 rings (SSSR count). The predicted octanol–water partition coefficient (Wildman–Crippen LogP) is 0.606. The van der Waals surface area contributed by atoms with Gasteiger partial charge >= 0.3 is 5.97 Å². The highest BCUT2D eigenvalue weighted by Crippen LogP contribution is 2.38. The van der Waals surface area contributed by atoms with E-state index in [9.17, 15) is 9.90 Å². The number of hydrogen-bond acceptors (Lipinski definition) is 5. The molecule has 5 heteroatoms. The maximum absolute atomic E-state index is 11.3. The van der Waals surface area contributed by atoms with Gasteiger partial charge in [-0.15, -0.1) is 0 Å². The summed E-state index contributed by atoms with van der Waals surface area (Å²) in [7, 11) is 1.45. The summed E-state index contributed by atoms with van der Waals surface area (Å²) in [6, 6.07) is 1.54. The van der Waals surface area contributed by atoms with Gasteiger partial charge in [-0.1, -0.05) is 0 Å². The van der Waals surface area contributed by atoms with Crippen molar-refractivity contribution in [1.82, 2.24) is 0 Å². The maximum atomic E-state index is 11.3. The van der Waals surface area contributed by atoms with Crippen LogP contribution in [0.15, 0.2) is 6.07 Å². The molecule has 0 spiro atoms. The van der Waals surface area contributed by atoms with Gasteiger partial charge in [-0.3, -0.25) is 0 Å². The Bertz CT molecular complexity index is 438. The van der Waals surface area contributed by atoms with Crippen LogP contribution in [0.2, 0.25) is 0 Å². The Morgan fingerprint density at radius 2 is 2.31 bits per heavy atom. The zero-order valence-electron chi connectivity index (χ0n) is 8.82. The molecule has 0 aliphatic carbocycles. The molecule has 86 valence electrons. The minimum atomic E-state index is -0.459. The largest absolute Gasteiger partial charge is 0.507 e. The van der Waals surface area contributed by atoms with Crippen LogP contribution in [0.5, 0.6) is 11.5 Å². The number of aliphatic hydroxyl groups excluding tert-OH is 1. The van der Waals surface area contributed by atoms with Gasteiger partial charge in [0.15, 0.2) is 0 Å². The summed E-state index contributed by atoms with van der Waals surface area (Å²) in [5.74, 6) is -0.0856. The molecule has 0 aromatic heterocycles. The van der Waals surface area contributed by atoms with E-state index >= 15 is 0 Å². The fourth-order valence-electron chi connectivity index (χ4n) is 1.81. The lowest BCUT2D eigenvalue weighted by Gasteiger charge is -2.11. The number of aliphatic hydroxyl groups is 1. The Morgan fingerprint density at radius 1 is 1.56 bits per heavy atom. The third-order valence-corrected chi connectivity index (χ3v) is 2.62. The SMILES string of the molecule is COc1cc2c(c(O)c1CCO)COC2=O. The number of phenolic OH excluding ortho intramolecular Hbond substituents is 1. The third kappa shape index (κ3) is 1.49. The van der Waals surface area contributed by atoms with Gasteiger partial charge in [-0.25, -0.2) is 4.79 Å². The molecular weight excluding hydrogens is 212 g/mol. The van der Waals surface area contributed by atoms with Gasteiger partial charge in [-0.2, -0.15) is 0 Å². The van der Waals surface area contributed by atoms with Gasteiger partial charge < -0.3 is 19.7 Å². The van der Waals surface area contributed by atoms with Crippen LogP contribution in [0.3, 0.4) is 0 Å². The van der Waals surface area contributed by atoms with E-state index in [1.807, 2.05) is 0 Å². The lowest BCUT2D eigenvalue weighted by molar-refractivity contribution is 0.0534. The molecule has 2 N–H and O–H groups in total. The van der Waals surface area contributed by atoms with Crippen molar-refractivity contribution in [2.24, 2.45) is 0 Å². The summed E-state index contributed by atoms with van der Waals surface area (Å²) in [4.78, 5) is 11.3. The van der Waals surface area contributed by atoms with Crippen molar-refractivity contribution in [2.45, 2.75) is 13.0 Å². The summed E-state index contributed by atoms with van der Waals surface area (Å²) in [5.41, 5.74) is 1.30. The average Bonchev–Trinajstić information content (AvgIpc) is 2.64. The molecule has 0 atom stereocenters. The molecule has 1 aliphatic heterocycles. The number of carbonyl (C=O) groups is 1. The minimum absolute atomic E-state index is 0.0192. The zero-order valence-corrected chi connectivity index (χ0v) is 8.82. The molecule has 0 bridgehead atoms. The lowest BCUT2D eigenvalue weighted by atomic mass is 10.0. The number of aromatic hydroxyl groups is 1. The van der Waals surface area contributed by atoms with E-state index in [2.05, 4.69) is 0 Å². The summed E-state index contributed by atoms with van der Waals surface area (Å²) in [6.07, 6.45) is 0.274. The number of rotatable bonds is 3. The minimum Gasteiger partial charge on any atom is -0.507 e. The Balaban J connectivity index is 2.59. The molecule has 0 fully saturated rings. The molecule has 1 aliphatic rings. The highest BCUT2D eigenvalue weighted by atomic mass is 16.5. The molecule has 1 heterocycles. The Labute approximate surface area is 92.2 Å². The number of esters is 1. The molecule has 0 saturated heterocycles. The van der Waals surface area contributed by atoms with Crippen LogP contribution in [0.4, 0.5) is 0 Å². The van der Waals surface area contributed by atoms with Crippen molar-refractivity contribution in [3.05, 3.63) is 22.8 Å². The van der Waals surface area contributed by atoms with Gasteiger partial charge in [0.2, 0.25) is 0 Å². The van der Waals surface area contributed by atoms with Crippen LogP contribution in [0.1, 0.15) is 21.5 Å². The first-order chi connectivity index (χ1) is 7.69. The van der Waals surface area contributed by atoms with Crippen LogP contribution < -0.4 is 4.74 Å². The first-order valence-corrected chi connectivity index (χ1v) is 4.88. The van der Waals surface area contributed by atoms with E-state index < -0.39 is 5.97 Å². The van der Waals surface area contributed by atoms with Crippen molar-refractivity contribution in [3.8, 4) is 11.5 Å². The van der Waals surface area contributed by atoms with Gasteiger partial charge in [0.1, 0.15) is 18.1 Å². The van der Waals surface area contributed by atoms with Crippen molar-refractivity contribution in [2.75, 3.05) is 13.7 Å². The Kier molecular flexibility index (Phi) is 2.70. The van der Waals surface area contributed by atoms with Crippen LogP contribution in [-0.4, -0.2) is 29.9 Å². The maximum Gasteiger partial charge on any atom is 0.339 e. The second-order valence-corrected chi connectivity index (χ2v) is 3.48. The number of fused-ring (bicyclic) bond motifs is 1. The van der Waals surface area contributed by atoms with Crippen LogP contribution in [-0.2, 0) is 17.8 Å². The molecule has 1 aromatic carbocycles. The van der Waals surface area contributed by atoms with E-state index in [-0.39, 0.29) is 25.4 Å². The molecule has 0 radical (unpaired) electrons. The van der Waals surface area contributed by atoms with Crippen molar-refractivity contribution < 1.29 is 24.5 Å². The van der Waals surface area contributed by atoms with E-state index in [1.165, 1.54) is 13.2 Å². The second-order valence-electron chi connectivity index (χ2n) is 3.48. The van der Waals surface area contributed by atoms with Crippen molar-refractivity contribution in [1.29, 1.82) is 0 Å². The highest BCUT2D eigenvalue weighted by molar-refractivity contribution is 5.95. The Morgan fingerprint density at radius 3 is 2.94 bits per heavy atom.